The fourth-order valence-corrected chi connectivity index (χ4v) is 4.78. The molecule has 1 fully saturated rings. The lowest BCUT2D eigenvalue weighted by Crippen LogP contribution is -2.41. The maximum absolute atomic E-state index is 15.3. The third-order valence-electron chi connectivity index (χ3n) is 6.81. The lowest BCUT2D eigenvalue weighted by molar-refractivity contribution is 0.0531. The van der Waals surface area contributed by atoms with E-state index in [1.165, 1.54) is 59.3 Å². The molecule has 2 aromatic heterocycles. The smallest absolute Gasteiger partial charge is 0.267 e. The van der Waals surface area contributed by atoms with Crippen molar-refractivity contribution in [3.05, 3.63) is 107 Å². The van der Waals surface area contributed by atoms with E-state index in [0.717, 1.165) is 22.7 Å². The summed E-state index contributed by atoms with van der Waals surface area (Å²) in [5.41, 5.74) is 1.38. The number of carbonyl (C=O) groups is 1. The highest BCUT2D eigenvalue weighted by atomic mass is 19.1. The molecule has 1 aliphatic heterocycles. The first-order valence-corrected chi connectivity index (χ1v) is 13.0. The Morgan fingerprint density at radius 3 is 2.71 bits per heavy atom. The van der Waals surface area contributed by atoms with Gasteiger partial charge in [0, 0.05) is 42.1 Å². The molecule has 9 nitrogen and oxygen atoms in total. The summed E-state index contributed by atoms with van der Waals surface area (Å²) in [6, 6.07) is 15.9. The van der Waals surface area contributed by atoms with Crippen molar-refractivity contribution in [1.29, 1.82) is 0 Å². The van der Waals surface area contributed by atoms with Crippen molar-refractivity contribution in [3.63, 3.8) is 0 Å². The SMILES string of the molecule is CC1CN(c2cc3[nH]ncc3cc2Oc2ccc(NC(=O)c3cccn(-c4ccc(F)cc4)c3=O)cc2F)CCO1. The van der Waals surface area contributed by atoms with Crippen molar-refractivity contribution in [2.75, 3.05) is 29.9 Å². The van der Waals surface area contributed by atoms with E-state index < -0.39 is 23.1 Å². The number of ether oxygens (including phenoxy) is 2. The molecule has 0 aliphatic carbocycles. The van der Waals surface area contributed by atoms with Gasteiger partial charge in [-0.25, -0.2) is 8.78 Å². The zero-order valence-electron chi connectivity index (χ0n) is 21.9. The Kier molecular flexibility index (Phi) is 6.94. The minimum Gasteiger partial charge on any atom is -0.452 e. The molecule has 0 radical (unpaired) electrons. The quantitative estimate of drug-likeness (QED) is 0.295. The minimum absolute atomic E-state index is 0.0260. The Morgan fingerprint density at radius 1 is 1.10 bits per heavy atom. The van der Waals surface area contributed by atoms with E-state index in [1.54, 1.807) is 12.3 Å². The normalized spacial score (nSPS) is 15.2. The molecular weight excluding hydrogens is 532 g/mol. The molecular formula is C30H25F2N5O4. The number of hydrogen-bond acceptors (Lipinski definition) is 6. The molecule has 6 rings (SSSR count). The summed E-state index contributed by atoms with van der Waals surface area (Å²) in [6.07, 6.45) is 3.17. The van der Waals surface area contributed by atoms with Crippen LogP contribution in [0.3, 0.4) is 0 Å². The molecule has 1 saturated heterocycles. The molecule has 1 unspecified atom stereocenters. The Balaban J connectivity index is 1.24. The summed E-state index contributed by atoms with van der Waals surface area (Å²) in [4.78, 5) is 28.0. The summed E-state index contributed by atoms with van der Waals surface area (Å²) >= 11 is 0. The number of rotatable bonds is 6. The van der Waals surface area contributed by atoms with E-state index in [0.29, 0.717) is 31.1 Å². The molecule has 208 valence electrons. The Hall–Kier alpha value is -5.03. The van der Waals surface area contributed by atoms with Crippen LogP contribution in [0.4, 0.5) is 20.2 Å². The van der Waals surface area contributed by atoms with Crippen LogP contribution in [0.15, 0.2) is 83.9 Å². The van der Waals surface area contributed by atoms with Crippen LogP contribution in [0.1, 0.15) is 17.3 Å². The van der Waals surface area contributed by atoms with Crippen LogP contribution in [-0.4, -0.2) is 46.5 Å². The number of morpholine rings is 1. The summed E-state index contributed by atoms with van der Waals surface area (Å²) in [5.74, 6) is -1.44. The first-order valence-electron chi connectivity index (χ1n) is 13.0. The number of aromatic amines is 1. The van der Waals surface area contributed by atoms with Crippen LogP contribution in [0.25, 0.3) is 16.6 Å². The van der Waals surface area contributed by atoms with E-state index in [4.69, 9.17) is 9.47 Å². The zero-order chi connectivity index (χ0) is 28.5. The highest BCUT2D eigenvalue weighted by Crippen LogP contribution is 2.38. The van der Waals surface area contributed by atoms with Gasteiger partial charge in [0.15, 0.2) is 17.3 Å². The van der Waals surface area contributed by atoms with E-state index >= 15 is 4.39 Å². The molecule has 1 atom stereocenters. The number of aromatic nitrogens is 3. The van der Waals surface area contributed by atoms with Crippen LogP contribution in [0.2, 0.25) is 0 Å². The number of hydrogen-bond donors (Lipinski definition) is 2. The van der Waals surface area contributed by atoms with E-state index in [2.05, 4.69) is 20.4 Å². The van der Waals surface area contributed by atoms with Gasteiger partial charge in [-0.2, -0.15) is 5.10 Å². The minimum atomic E-state index is -0.714. The second-order valence-corrected chi connectivity index (χ2v) is 9.68. The Morgan fingerprint density at radius 2 is 1.93 bits per heavy atom. The lowest BCUT2D eigenvalue weighted by Gasteiger charge is -2.33. The first-order chi connectivity index (χ1) is 19.9. The maximum atomic E-state index is 15.3. The van der Waals surface area contributed by atoms with Crippen molar-refractivity contribution in [1.82, 2.24) is 14.8 Å². The van der Waals surface area contributed by atoms with Crippen LogP contribution < -0.4 is 20.5 Å². The number of pyridine rings is 1. The fourth-order valence-electron chi connectivity index (χ4n) is 4.78. The third kappa shape index (κ3) is 5.39. The second kappa shape index (κ2) is 10.9. The number of nitrogens with one attached hydrogen (secondary N) is 2. The summed E-state index contributed by atoms with van der Waals surface area (Å²) < 4.78 is 41.5. The Labute approximate surface area is 232 Å². The molecule has 3 heterocycles. The van der Waals surface area contributed by atoms with E-state index in [1.807, 2.05) is 13.0 Å². The molecule has 41 heavy (non-hydrogen) atoms. The highest BCUT2D eigenvalue weighted by Gasteiger charge is 2.22. The van der Waals surface area contributed by atoms with Crippen LogP contribution >= 0.6 is 0 Å². The van der Waals surface area contributed by atoms with Gasteiger partial charge in [-0.15, -0.1) is 0 Å². The molecule has 0 spiro atoms. The van der Waals surface area contributed by atoms with Crippen molar-refractivity contribution in [3.8, 4) is 17.2 Å². The molecule has 11 heteroatoms. The second-order valence-electron chi connectivity index (χ2n) is 9.68. The standard InChI is InChI=1S/C30H25F2N5O4/c1-18-17-36(11-12-40-18)26-15-25-19(16-33-35-25)13-28(26)41-27-9-6-21(14-24(27)32)34-29(38)23-3-2-10-37(30(23)39)22-7-4-20(31)5-8-22/h2-10,13-16,18H,11-12,17H2,1H3,(H,33,35)(H,34,38). The fraction of sp³-hybridized carbons (Fsp3) is 0.167. The number of H-pyrrole nitrogens is 1. The van der Waals surface area contributed by atoms with Crippen LogP contribution in [0, 0.1) is 11.6 Å². The number of fused-ring (bicyclic) bond motifs is 1. The van der Waals surface area contributed by atoms with Gasteiger partial charge in [0.1, 0.15) is 11.4 Å². The topological polar surface area (TPSA) is 101 Å². The largest absolute Gasteiger partial charge is 0.452 e. The number of benzene rings is 3. The van der Waals surface area contributed by atoms with E-state index in [-0.39, 0.29) is 23.1 Å². The average molecular weight is 558 g/mol. The molecule has 0 bridgehead atoms. The number of carbonyl (C=O) groups excluding carboxylic acids is 1. The van der Waals surface area contributed by atoms with Crippen LogP contribution in [0.5, 0.6) is 11.5 Å². The number of halogens is 2. The molecule has 2 N–H and O–H groups in total. The molecule has 3 aromatic carbocycles. The van der Waals surface area contributed by atoms with Gasteiger partial charge in [-0.1, -0.05) is 0 Å². The highest BCUT2D eigenvalue weighted by molar-refractivity contribution is 6.04. The first kappa shape index (κ1) is 26.2. The third-order valence-corrected chi connectivity index (χ3v) is 6.81. The summed E-state index contributed by atoms with van der Waals surface area (Å²) in [6.45, 7) is 3.84. The van der Waals surface area contributed by atoms with Gasteiger partial charge in [0.25, 0.3) is 11.5 Å². The number of amides is 1. The van der Waals surface area contributed by atoms with Crippen molar-refractivity contribution < 1.29 is 23.0 Å². The lowest BCUT2D eigenvalue weighted by atomic mass is 10.1. The molecule has 5 aromatic rings. The number of anilines is 2. The van der Waals surface area contributed by atoms with Crippen molar-refractivity contribution >= 4 is 28.2 Å². The van der Waals surface area contributed by atoms with Gasteiger partial charge in [-0.05, 0) is 67.6 Å². The van der Waals surface area contributed by atoms with Gasteiger partial charge in [-0.3, -0.25) is 19.3 Å². The monoisotopic (exact) mass is 557 g/mol. The van der Waals surface area contributed by atoms with Crippen molar-refractivity contribution in [2.24, 2.45) is 0 Å². The maximum Gasteiger partial charge on any atom is 0.267 e. The van der Waals surface area contributed by atoms with E-state index in [9.17, 15) is 14.0 Å². The van der Waals surface area contributed by atoms with Gasteiger partial charge >= 0.3 is 0 Å². The van der Waals surface area contributed by atoms with Gasteiger partial charge in [0.2, 0.25) is 0 Å². The zero-order valence-corrected chi connectivity index (χ0v) is 21.9. The average Bonchev–Trinajstić information content (AvgIpc) is 3.42. The number of nitrogens with zero attached hydrogens (tertiary/aromatic N) is 3. The predicted molar refractivity (Wildman–Crippen MR) is 150 cm³/mol. The van der Waals surface area contributed by atoms with Gasteiger partial charge in [0.05, 0.1) is 30.1 Å². The molecule has 1 amide bonds. The summed E-state index contributed by atoms with van der Waals surface area (Å²) in [7, 11) is 0. The predicted octanol–water partition coefficient (Wildman–Crippen LogP) is 5.26. The van der Waals surface area contributed by atoms with Crippen molar-refractivity contribution in [2.45, 2.75) is 13.0 Å². The van der Waals surface area contributed by atoms with Gasteiger partial charge < -0.3 is 19.7 Å². The Bertz CT molecular complexity index is 1800. The summed E-state index contributed by atoms with van der Waals surface area (Å²) in [5, 5.41) is 10.4. The molecule has 1 aliphatic rings. The molecule has 0 saturated carbocycles. The van der Waals surface area contributed by atoms with Crippen LogP contribution in [-0.2, 0) is 4.74 Å².